The second-order valence-electron chi connectivity index (χ2n) is 7.15. The van der Waals surface area contributed by atoms with E-state index in [0.717, 1.165) is 59.3 Å². The van der Waals surface area contributed by atoms with Gasteiger partial charge in [0.25, 0.3) is 0 Å². The van der Waals surface area contributed by atoms with Crippen molar-refractivity contribution < 1.29 is 0 Å². The van der Waals surface area contributed by atoms with Crippen molar-refractivity contribution in [2.24, 2.45) is 0 Å². The molecule has 4 aromatic rings. The number of fused-ring (bicyclic) bond motifs is 1. The third-order valence-electron chi connectivity index (χ3n) is 5.33. The summed E-state index contributed by atoms with van der Waals surface area (Å²) in [6.07, 6.45) is 5.40. The van der Waals surface area contributed by atoms with E-state index in [-0.39, 0.29) is 0 Å². The molecule has 0 aliphatic carbocycles. The van der Waals surface area contributed by atoms with Crippen LogP contribution in [0.25, 0.3) is 21.3 Å². The first-order valence-electron chi connectivity index (χ1n) is 9.62. The SMILES string of the molecule is Clc1ccc(-c2csc3ncnc(N4CCN(Cc5ccncc5)CC4)c23)cc1. The van der Waals surface area contributed by atoms with E-state index in [9.17, 15) is 0 Å². The molecule has 1 aliphatic rings. The normalized spacial score (nSPS) is 15.1. The second-order valence-corrected chi connectivity index (χ2v) is 8.45. The van der Waals surface area contributed by atoms with Crippen LogP contribution in [0.15, 0.2) is 60.5 Å². The molecule has 1 saturated heterocycles. The number of hydrogen-bond acceptors (Lipinski definition) is 6. The Morgan fingerprint density at radius 3 is 2.45 bits per heavy atom. The highest BCUT2D eigenvalue weighted by Crippen LogP contribution is 2.38. The number of halogens is 1. The minimum atomic E-state index is 0.745. The Morgan fingerprint density at radius 2 is 1.69 bits per heavy atom. The molecule has 0 amide bonds. The summed E-state index contributed by atoms with van der Waals surface area (Å²) in [4.78, 5) is 19.2. The molecule has 0 radical (unpaired) electrons. The summed E-state index contributed by atoms with van der Waals surface area (Å²) in [5.41, 5.74) is 3.63. The zero-order valence-electron chi connectivity index (χ0n) is 15.8. The lowest BCUT2D eigenvalue weighted by molar-refractivity contribution is 0.249. The van der Waals surface area contributed by atoms with Gasteiger partial charge in [-0.05, 0) is 35.4 Å². The summed E-state index contributed by atoms with van der Waals surface area (Å²) in [5, 5.41) is 4.06. The first-order valence-corrected chi connectivity index (χ1v) is 10.9. The minimum absolute atomic E-state index is 0.745. The lowest BCUT2D eigenvalue weighted by atomic mass is 10.1. The van der Waals surface area contributed by atoms with Gasteiger partial charge in [0, 0.05) is 61.1 Å². The van der Waals surface area contributed by atoms with Gasteiger partial charge in [-0.1, -0.05) is 23.7 Å². The molecule has 3 aromatic heterocycles. The van der Waals surface area contributed by atoms with Crippen LogP contribution in [0.5, 0.6) is 0 Å². The van der Waals surface area contributed by atoms with Crippen LogP contribution in [0.2, 0.25) is 5.02 Å². The van der Waals surface area contributed by atoms with Gasteiger partial charge in [-0.2, -0.15) is 0 Å². The molecular formula is C22H20ClN5S. The molecule has 7 heteroatoms. The summed E-state index contributed by atoms with van der Waals surface area (Å²) in [6, 6.07) is 12.2. The second kappa shape index (κ2) is 8.06. The highest BCUT2D eigenvalue weighted by atomic mass is 35.5. The molecule has 1 aliphatic heterocycles. The van der Waals surface area contributed by atoms with Crippen molar-refractivity contribution in [2.45, 2.75) is 6.54 Å². The monoisotopic (exact) mass is 421 g/mol. The fourth-order valence-electron chi connectivity index (χ4n) is 3.81. The summed E-state index contributed by atoms with van der Waals surface area (Å²) >= 11 is 7.74. The maximum absolute atomic E-state index is 6.08. The highest BCUT2D eigenvalue weighted by molar-refractivity contribution is 7.17. The number of benzene rings is 1. The number of hydrogen-bond donors (Lipinski definition) is 0. The molecular weight excluding hydrogens is 402 g/mol. The van der Waals surface area contributed by atoms with Crippen molar-refractivity contribution in [1.82, 2.24) is 19.9 Å². The van der Waals surface area contributed by atoms with Crippen molar-refractivity contribution in [3.05, 3.63) is 71.1 Å². The average molecular weight is 422 g/mol. The van der Waals surface area contributed by atoms with Crippen LogP contribution in [0.3, 0.4) is 0 Å². The first-order chi connectivity index (χ1) is 14.3. The van der Waals surface area contributed by atoms with E-state index < -0.39 is 0 Å². The smallest absolute Gasteiger partial charge is 0.141 e. The van der Waals surface area contributed by atoms with Crippen LogP contribution in [-0.2, 0) is 6.54 Å². The van der Waals surface area contributed by atoms with Crippen LogP contribution < -0.4 is 4.90 Å². The predicted octanol–water partition coefficient (Wildman–Crippen LogP) is 4.73. The molecule has 0 unspecified atom stereocenters. The number of pyridine rings is 1. The molecule has 4 heterocycles. The molecule has 0 saturated carbocycles. The number of aromatic nitrogens is 3. The van der Waals surface area contributed by atoms with E-state index in [1.807, 2.05) is 24.5 Å². The summed E-state index contributed by atoms with van der Waals surface area (Å²) in [5.74, 6) is 1.03. The molecule has 29 heavy (non-hydrogen) atoms. The van der Waals surface area contributed by atoms with Crippen LogP contribution in [0, 0.1) is 0 Å². The quantitative estimate of drug-likeness (QED) is 0.476. The Bertz CT molecular complexity index is 1110. The van der Waals surface area contributed by atoms with Gasteiger partial charge in [0.15, 0.2) is 0 Å². The molecule has 0 spiro atoms. The molecule has 1 fully saturated rings. The van der Waals surface area contributed by atoms with E-state index in [1.165, 1.54) is 11.1 Å². The molecule has 1 aromatic carbocycles. The van der Waals surface area contributed by atoms with Crippen molar-refractivity contribution >= 4 is 39.0 Å². The lowest BCUT2D eigenvalue weighted by Crippen LogP contribution is -2.46. The van der Waals surface area contributed by atoms with Gasteiger partial charge in [-0.25, -0.2) is 9.97 Å². The van der Waals surface area contributed by atoms with Crippen molar-refractivity contribution in [3.8, 4) is 11.1 Å². The van der Waals surface area contributed by atoms with Gasteiger partial charge in [0.05, 0.1) is 5.39 Å². The van der Waals surface area contributed by atoms with Crippen molar-refractivity contribution in [2.75, 3.05) is 31.1 Å². The molecule has 5 nitrogen and oxygen atoms in total. The Morgan fingerprint density at radius 1 is 0.931 bits per heavy atom. The molecule has 0 N–H and O–H groups in total. The van der Waals surface area contributed by atoms with E-state index in [0.29, 0.717) is 0 Å². The van der Waals surface area contributed by atoms with Gasteiger partial charge < -0.3 is 4.90 Å². The van der Waals surface area contributed by atoms with E-state index in [2.05, 4.69) is 54.4 Å². The Balaban J connectivity index is 1.39. The maximum Gasteiger partial charge on any atom is 0.141 e. The zero-order chi connectivity index (χ0) is 19.6. The Labute approximate surface area is 178 Å². The summed E-state index contributed by atoms with van der Waals surface area (Å²) in [6.45, 7) is 4.88. The van der Waals surface area contributed by atoms with Gasteiger partial charge >= 0.3 is 0 Å². The van der Waals surface area contributed by atoms with Gasteiger partial charge in [0.1, 0.15) is 17.0 Å². The number of rotatable bonds is 4. The van der Waals surface area contributed by atoms with Crippen molar-refractivity contribution in [3.63, 3.8) is 0 Å². The number of thiophene rings is 1. The molecule has 0 bridgehead atoms. The van der Waals surface area contributed by atoms with Gasteiger partial charge in [0.2, 0.25) is 0 Å². The predicted molar refractivity (Wildman–Crippen MR) is 120 cm³/mol. The van der Waals surface area contributed by atoms with E-state index in [4.69, 9.17) is 11.6 Å². The third-order valence-corrected chi connectivity index (χ3v) is 6.47. The van der Waals surface area contributed by atoms with Crippen LogP contribution >= 0.6 is 22.9 Å². The van der Waals surface area contributed by atoms with Crippen LogP contribution in [-0.4, -0.2) is 46.0 Å². The average Bonchev–Trinajstić information content (AvgIpc) is 3.20. The first kappa shape index (κ1) is 18.5. The number of anilines is 1. The number of piperazine rings is 1. The highest BCUT2D eigenvalue weighted by Gasteiger charge is 2.22. The summed E-state index contributed by atoms with van der Waals surface area (Å²) < 4.78 is 0. The Kier molecular flexibility index (Phi) is 5.14. The molecule has 5 rings (SSSR count). The van der Waals surface area contributed by atoms with Gasteiger partial charge in [-0.3, -0.25) is 9.88 Å². The molecule has 146 valence electrons. The largest absolute Gasteiger partial charge is 0.353 e. The molecule has 0 atom stereocenters. The summed E-state index contributed by atoms with van der Waals surface area (Å²) in [7, 11) is 0. The third kappa shape index (κ3) is 3.83. The standard InChI is InChI=1S/C22H20ClN5S/c23-18-3-1-17(2-4-18)19-14-29-22-20(19)21(25-15-26-22)28-11-9-27(10-12-28)13-16-5-7-24-8-6-16/h1-8,14-15H,9-13H2. The van der Waals surface area contributed by atoms with Crippen molar-refractivity contribution in [1.29, 1.82) is 0 Å². The lowest BCUT2D eigenvalue weighted by Gasteiger charge is -2.35. The van der Waals surface area contributed by atoms with E-state index >= 15 is 0 Å². The number of nitrogens with zero attached hydrogens (tertiary/aromatic N) is 5. The maximum atomic E-state index is 6.08. The Hall–Kier alpha value is -2.54. The van der Waals surface area contributed by atoms with E-state index in [1.54, 1.807) is 17.7 Å². The van der Waals surface area contributed by atoms with Crippen LogP contribution in [0.4, 0.5) is 5.82 Å². The topological polar surface area (TPSA) is 45.2 Å². The zero-order valence-corrected chi connectivity index (χ0v) is 17.4. The minimum Gasteiger partial charge on any atom is -0.353 e. The van der Waals surface area contributed by atoms with Gasteiger partial charge in [-0.15, -0.1) is 11.3 Å². The fourth-order valence-corrected chi connectivity index (χ4v) is 4.84. The fraction of sp³-hybridized carbons (Fsp3) is 0.227. The van der Waals surface area contributed by atoms with Crippen LogP contribution in [0.1, 0.15) is 5.56 Å².